The quantitative estimate of drug-likeness (QED) is 0.833. The summed E-state index contributed by atoms with van der Waals surface area (Å²) in [5.74, 6) is -0.771. The Morgan fingerprint density at radius 3 is 2.76 bits per heavy atom. The molecule has 0 radical (unpaired) electrons. The van der Waals surface area contributed by atoms with Crippen LogP contribution in [0.25, 0.3) is 0 Å². The fraction of sp³-hybridized carbons (Fsp3) is 0. The van der Waals surface area contributed by atoms with E-state index >= 15 is 0 Å². The number of nitrogens with two attached hydrogens (primary N) is 1. The Bertz CT molecular complexity index is 626. The Balaban J connectivity index is 2.35. The molecule has 0 unspecified atom stereocenters. The van der Waals surface area contributed by atoms with E-state index in [9.17, 15) is 12.8 Å². The van der Waals surface area contributed by atoms with Crippen molar-refractivity contribution in [2.24, 2.45) is 0 Å². The molecule has 0 aliphatic rings. The van der Waals surface area contributed by atoms with Gasteiger partial charge in [0.05, 0.1) is 10.6 Å². The molecule has 0 saturated carbocycles. The second-order valence-corrected chi connectivity index (χ2v) is 5.70. The Labute approximate surface area is 101 Å². The van der Waals surface area contributed by atoms with E-state index in [1.54, 1.807) is 5.38 Å². The second-order valence-electron chi connectivity index (χ2n) is 3.13. The number of anilines is 2. The molecule has 8 heteroatoms. The highest BCUT2D eigenvalue weighted by Crippen LogP contribution is 2.20. The van der Waals surface area contributed by atoms with Gasteiger partial charge in [0.25, 0.3) is 10.0 Å². The topological polar surface area (TPSA) is 85.1 Å². The van der Waals surface area contributed by atoms with Gasteiger partial charge in [0.1, 0.15) is 5.82 Å². The number of sulfonamides is 1. The molecule has 90 valence electrons. The van der Waals surface area contributed by atoms with Crippen molar-refractivity contribution in [3.63, 3.8) is 0 Å². The Hall–Kier alpha value is -1.67. The van der Waals surface area contributed by atoms with Gasteiger partial charge in [-0.25, -0.2) is 17.8 Å². The third-order valence-corrected chi connectivity index (χ3v) is 4.09. The van der Waals surface area contributed by atoms with Crippen molar-refractivity contribution in [1.82, 2.24) is 4.98 Å². The zero-order valence-corrected chi connectivity index (χ0v) is 10.1. The molecule has 0 bridgehead atoms. The standard InChI is InChI=1S/C9H8FN3O2S2/c10-7-5-6(1-2-8(7)11)17(14,15)13-9-12-3-4-16-9/h1-5H,11H2,(H,12,13). The Morgan fingerprint density at radius 1 is 1.41 bits per heavy atom. The van der Waals surface area contributed by atoms with Crippen LogP contribution in [-0.2, 0) is 10.0 Å². The Kier molecular flexibility index (Phi) is 2.99. The van der Waals surface area contributed by atoms with Crippen molar-refractivity contribution in [2.75, 3.05) is 10.5 Å². The van der Waals surface area contributed by atoms with Crippen molar-refractivity contribution in [3.8, 4) is 0 Å². The van der Waals surface area contributed by atoms with Gasteiger partial charge < -0.3 is 5.73 Å². The number of hydrogen-bond acceptors (Lipinski definition) is 5. The third kappa shape index (κ3) is 2.53. The average molecular weight is 273 g/mol. The summed E-state index contributed by atoms with van der Waals surface area (Å²) in [4.78, 5) is 3.58. The smallest absolute Gasteiger partial charge is 0.263 e. The molecule has 1 heterocycles. The van der Waals surface area contributed by atoms with Crippen molar-refractivity contribution in [3.05, 3.63) is 35.6 Å². The predicted molar refractivity (Wildman–Crippen MR) is 63.7 cm³/mol. The van der Waals surface area contributed by atoms with Gasteiger partial charge in [-0.15, -0.1) is 11.3 Å². The number of thiazole rings is 1. The number of nitrogens with zero attached hydrogens (tertiary/aromatic N) is 1. The van der Waals surface area contributed by atoms with Crippen LogP contribution in [0.3, 0.4) is 0 Å². The normalized spacial score (nSPS) is 11.4. The maximum absolute atomic E-state index is 13.2. The molecule has 0 aliphatic heterocycles. The number of nitrogens with one attached hydrogen (secondary N) is 1. The summed E-state index contributed by atoms with van der Waals surface area (Å²) < 4.78 is 39.0. The highest BCUT2D eigenvalue weighted by molar-refractivity contribution is 7.93. The van der Waals surface area contributed by atoms with Crippen LogP contribution < -0.4 is 10.5 Å². The van der Waals surface area contributed by atoms with Crippen molar-refractivity contribution >= 4 is 32.2 Å². The van der Waals surface area contributed by atoms with Gasteiger partial charge in [0, 0.05) is 11.6 Å². The van der Waals surface area contributed by atoms with E-state index in [4.69, 9.17) is 5.73 Å². The third-order valence-electron chi connectivity index (χ3n) is 1.94. The van der Waals surface area contributed by atoms with Crippen LogP contribution in [-0.4, -0.2) is 13.4 Å². The van der Waals surface area contributed by atoms with Crippen molar-refractivity contribution in [1.29, 1.82) is 0 Å². The lowest BCUT2D eigenvalue weighted by atomic mass is 10.3. The lowest BCUT2D eigenvalue weighted by Crippen LogP contribution is -2.13. The second kappa shape index (κ2) is 4.30. The number of rotatable bonds is 3. The summed E-state index contributed by atoms with van der Waals surface area (Å²) in [5, 5.41) is 1.85. The van der Waals surface area contributed by atoms with Gasteiger partial charge in [-0.3, -0.25) is 4.72 Å². The molecule has 1 aromatic carbocycles. The number of hydrogen-bond donors (Lipinski definition) is 2. The fourth-order valence-corrected chi connectivity index (χ4v) is 2.92. The highest BCUT2D eigenvalue weighted by Gasteiger charge is 2.16. The first kappa shape index (κ1) is 11.8. The molecule has 0 aliphatic carbocycles. The van der Waals surface area contributed by atoms with Gasteiger partial charge >= 0.3 is 0 Å². The molecule has 0 atom stereocenters. The minimum Gasteiger partial charge on any atom is -0.396 e. The number of benzene rings is 1. The summed E-state index contributed by atoms with van der Waals surface area (Å²) in [5.41, 5.74) is 5.17. The molecule has 0 spiro atoms. The lowest BCUT2D eigenvalue weighted by molar-refractivity contribution is 0.596. The van der Waals surface area contributed by atoms with Crippen LogP contribution in [0.15, 0.2) is 34.7 Å². The van der Waals surface area contributed by atoms with Crippen molar-refractivity contribution in [2.45, 2.75) is 4.90 Å². The van der Waals surface area contributed by atoms with E-state index in [0.29, 0.717) is 0 Å². The fourth-order valence-electron chi connectivity index (χ4n) is 1.12. The maximum atomic E-state index is 13.2. The van der Waals surface area contributed by atoms with E-state index < -0.39 is 15.8 Å². The molecular formula is C9H8FN3O2S2. The molecule has 0 fully saturated rings. The van der Waals surface area contributed by atoms with E-state index in [0.717, 1.165) is 17.4 Å². The van der Waals surface area contributed by atoms with Crippen molar-refractivity contribution < 1.29 is 12.8 Å². The van der Waals surface area contributed by atoms with Gasteiger partial charge in [-0.1, -0.05) is 0 Å². The van der Waals surface area contributed by atoms with Crippen LogP contribution in [0.5, 0.6) is 0 Å². The summed E-state index contributed by atoms with van der Waals surface area (Å²) in [6, 6.07) is 3.30. The molecule has 0 amide bonds. The minimum atomic E-state index is -3.82. The summed E-state index contributed by atoms with van der Waals surface area (Å²) in [6.07, 6.45) is 1.46. The van der Waals surface area contributed by atoms with E-state index in [1.807, 2.05) is 0 Å². The van der Waals surface area contributed by atoms with E-state index in [1.165, 1.54) is 18.3 Å². The van der Waals surface area contributed by atoms with E-state index in [2.05, 4.69) is 9.71 Å². The number of halogens is 1. The summed E-state index contributed by atoms with van der Waals surface area (Å²) in [7, 11) is -3.82. The molecule has 2 aromatic rings. The largest absolute Gasteiger partial charge is 0.396 e. The monoisotopic (exact) mass is 273 g/mol. The molecular weight excluding hydrogens is 265 g/mol. The first-order valence-electron chi connectivity index (χ1n) is 4.46. The van der Waals surface area contributed by atoms with Crippen LogP contribution in [0, 0.1) is 5.82 Å². The maximum Gasteiger partial charge on any atom is 0.263 e. The number of aromatic nitrogens is 1. The van der Waals surface area contributed by atoms with Gasteiger partial charge in [-0.05, 0) is 18.2 Å². The SMILES string of the molecule is Nc1ccc(S(=O)(=O)Nc2nccs2)cc1F. The van der Waals surface area contributed by atoms with Crippen LogP contribution in [0.4, 0.5) is 15.2 Å². The van der Waals surface area contributed by atoms with E-state index in [-0.39, 0.29) is 15.7 Å². The number of nitrogen functional groups attached to an aromatic ring is 1. The molecule has 5 nitrogen and oxygen atoms in total. The zero-order valence-electron chi connectivity index (χ0n) is 8.42. The first-order chi connectivity index (χ1) is 7.99. The lowest BCUT2D eigenvalue weighted by Gasteiger charge is -2.05. The average Bonchev–Trinajstić information content (AvgIpc) is 2.73. The van der Waals surface area contributed by atoms with Gasteiger partial charge in [0.15, 0.2) is 5.13 Å². The van der Waals surface area contributed by atoms with Gasteiger partial charge in [-0.2, -0.15) is 0 Å². The summed E-state index contributed by atoms with van der Waals surface area (Å²) in [6.45, 7) is 0. The highest BCUT2D eigenvalue weighted by atomic mass is 32.2. The van der Waals surface area contributed by atoms with Crippen LogP contribution >= 0.6 is 11.3 Å². The first-order valence-corrected chi connectivity index (χ1v) is 6.83. The molecule has 0 saturated heterocycles. The molecule has 17 heavy (non-hydrogen) atoms. The van der Waals surface area contributed by atoms with Gasteiger partial charge in [0.2, 0.25) is 0 Å². The predicted octanol–water partition coefficient (Wildman–Crippen LogP) is 1.67. The molecule has 1 aromatic heterocycles. The summed E-state index contributed by atoms with van der Waals surface area (Å²) >= 11 is 1.13. The molecule has 3 N–H and O–H groups in total. The Morgan fingerprint density at radius 2 is 2.18 bits per heavy atom. The minimum absolute atomic E-state index is 0.0989. The zero-order chi connectivity index (χ0) is 12.5. The molecule has 2 rings (SSSR count). The van der Waals surface area contributed by atoms with Crippen LogP contribution in [0.1, 0.15) is 0 Å². The van der Waals surface area contributed by atoms with Crippen LogP contribution in [0.2, 0.25) is 0 Å².